The van der Waals surface area contributed by atoms with E-state index in [2.05, 4.69) is 10.3 Å². The highest BCUT2D eigenvalue weighted by atomic mass is 32.2. The van der Waals surface area contributed by atoms with E-state index >= 15 is 0 Å². The molecule has 0 saturated carbocycles. The van der Waals surface area contributed by atoms with Crippen molar-refractivity contribution in [2.45, 2.75) is 18.4 Å². The molecule has 0 bridgehead atoms. The first-order valence-electron chi connectivity index (χ1n) is 7.29. The van der Waals surface area contributed by atoms with E-state index in [1.54, 1.807) is 35.1 Å². The topological polar surface area (TPSA) is 64.8 Å². The van der Waals surface area contributed by atoms with Crippen LogP contribution in [0.3, 0.4) is 0 Å². The van der Waals surface area contributed by atoms with Crippen molar-refractivity contribution >= 4 is 9.84 Å². The summed E-state index contributed by atoms with van der Waals surface area (Å²) in [5.41, 5.74) is 2.73. The van der Waals surface area contributed by atoms with E-state index < -0.39 is 9.84 Å². The van der Waals surface area contributed by atoms with Gasteiger partial charge in [-0.05, 0) is 19.1 Å². The molecule has 1 aromatic heterocycles. The second-order valence-electron chi connectivity index (χ2n) is 5.36. The number of hydrogen-bond donors (Lipinski definition) is 0. The monoisotopic (exact) mass is 327 g/mol. The molecular weight excluding hydrogens is 310 g/mol. The van der Waals surface area contributed by atoms with Gasteiger partial charge in [0.2, 0.25) is 0 Å². The van der Waals surface area contributed by atoms with Crippen molar-refractivity contribution in [3.05, 3.63) is 66.4 Å². The maximum Gasteiger partial charge on any atom is 0.180 e. The molecule has 23 heavy (non-hydrogen) atoms. The van der Waals surface area contributed by atoms with Gasteiger partial charge < -0.3 is 0 Å². The molecule has 2 aromatic carbocycles. The van der Waals surface area contributed by atoms with E-state index in [0.29, 0.717) is 4.90 Å². The fourth-order valence-corrected chi connectivity index (χ4v) is 3.44. The van der Waals surface area contributed by atoms with Crippen LogP contribution in [0, 0.1) is 6.92 Å². The summed E-state index contributed by atoms with van der Waals surface area (Å²) in [6.45, 7) is 2.20. The molecule has 6 heteroatoms. The molecular formula is C17H17N3O2S. The zero-order valence-corrected chi connectivity index (χ0v) is 13.6. The Kier molecular flexibility index (Phi) is 4.25. The summed E-state index contributed by atoms with van der Waals surface area (Å²) in [6, 6.07) is 16.6. The van der Waals surface area contributed by atoms with Gasteiger partial charge in [-0.2, -0.15) is 0 Å². The molecule has 0 saturated heterocycles. The number of nitrogens with zero attached hydrogens (tertiary/aromatic N) is 3. The molecule has 0 fully saturated rings. The summed E-state index contributed by atoms with van der Waals surface area (Å²) in [4.78, 5) is 0.339. The molecule has 3 aromatic rings. The summed E-state index contributed by atoms with van der Waals surface area (Å²) in [5.74, 6) is -0.00630. The maximum absolute atomic E-state index is 12.3. The third-order valence-electron chi connectivity index (χ3n) is 3.58. The van der Waals surface area contributed by atoms with Crippen LogP contribution >= 0.6 is 0 Å². The van der Waals surface area contributed by atoms with Crippen molar-refractivity contribution in [2.24, 2.45) is 0 Å². The molecule has 5 nitrogen and oxygen atoms in total. The fraction of sp³-hybridized carbons (Fsp3) is 0.176. The Labute approximate surface area is 135 Å². The minimum atomic E-state index is -3.32. The first-order valence-corrected chi connectivity index (χ1v) is 8.95. The average molecular weight is 327 g/mol. The molecule has 118 valence electrons. The number of aryl methyl sites for hydroxylation is 2. The van der Waals surface area contributed by atoms with Gasteiger partial charge in [-0.15, -0.1) is 5.10 Å². The molecule has 3 rings (SSSR count). The molecule has 0 amide bonds. The van der Waals surface area contributed by atoms with Crippen LogP contribution in [-0.2, 0) is 16.4 Å². The lowest BCUT2D eigenvalue weighted by molar-refractivity contribution is 0.575. The van der Waals surface area contributed by atoms with Crippen LogP contribution in [-0.4, -0.2) is 29.2 Å². The van der Waals surface area contributed by atoms with Crippen LogP contribution < -0.4 is 0 Å². The van der Waals surface area contributed by atoms with Crippen LogP contribution in [0.25, 0.3) is 11.3 Å². The van der Waals surface area contributed by atoms with Crippen LogP contribution in [0.2, 0.25) is 0 Å². The van der Waals surface area contributed by atoms with Gasteiger partial charge in [0.15, 0.2) is 9.84 Å². The second kappa shape index (κ2) is 6.34. The van der Waals surface area contributed by atoms with E-state index in [-0.39, 0.29) is 12.3 Å². The highest BCUT2D eigenvalue weighted by Gasteiger charge is 2.15. The summed E-state index contributed by atoms with van der Waals surface area (Å²) in [6.07, 6.45) is 1.76. The molecule has 0 atom stereocenters. The highest BCUT2D eigenvalue weighted by Crippen LogP contribution is 2.16. The van der Waals surface area contributed by atoms with Gasteiger partial charge in [0.25, 0.3) is 0 Å². The number of sulfone groups is 1. The Morgan fingerprint density at radius 1 is 1.00 bits per heavy atom. The molecule has 1 heterocycles. The number of aromatic nitrogens is 3. The van der Waals surface area contributed by atoms with Gasteiger partial charge in [-0.25, -0.2) is 8.42 Å². The van der Waals surface area contributed by atoms with Gasteiger partial charge in [0.05, 0.1) is 23.4 Å². The highest BCUT2D eigenvalue weighted by molar-refractivity contribution is 7.91. The largest absolute Gasteiger partial charge is 0.251 e. The number of hydrogen-bond acceptors (Lipinski definition) is 4. The fourth-order valence-electron chi connectivity index (χ4n) is 2.23. The molecule has 0 aliphatic carbocycles. The molecule has 0 spiro atoms. The molecule has 0 N–H and O–H groups in total. The lowest BCUT2D eigenvalue weighted by atomic mass is 10.2. The minimum Gasteiger partial charge on any atom is -0.251 e. The van der Waals surface area contributed by atoms with Crippen LogP contribution in [0.4, 0.5) is 0 Å². The van der Waals surface area contributed by atoms with E-state index in [9.17, 15) is 8.42 Å². The Bertz CT molecular complexity index is 885. The molecule has 0 radical (unpaired) electrons. The lowest BCUT2D eigenvalue weighted by Crippen LogP contribution is -2.13. The van der Waals surface area contributed by atoms with Crippen molar-refractivity contribution in [2.75, 3.05) is 5.75 Å². The molecule has 0 aliphatic rings. The predicted octanol–water partition coefficient (Wildman–Crippen LogP) is 2.73. The van der Waals surface area contributed by atoms with Gasteiger partial charge >= 0.3 is 0 Å². The first kappa shape index (κ1) is 15.4. The van der Waals surface area contributed by atoms with Crippen molar-refractivity contribution in [3.63, 3.8) is 0 Å². The van der Waals surface area contributed by atoms with Crippen LogP contribution in [0.1, 0.15) is 5.56 Å². The summed E-state index contributed by atoms with van der Waals surface area (Å²) < 4.78 is 26.2. The predicted molar refractivity (Wildman–Crippen MR) is 88.7 cm³/mol. The molecule has 0 unspecified atom stereocenters. The number of benzene rings is 2. The van der Waals surface area contributed by atoms with Gasteiger partial charge in [0.1, 0.15) is 5.69 Å². The minimum absolute atomic E-state index is 0.00630. The Morgan fingerprint density at radius 2 is 1.70 bits per heavy atom. The first-order chi connectivity index (χ1) is 11.0. The Morgan fingerprint density at radius 3 is 2.39 bits per heavy atom. The van der Waals surface area contributed by atoms with E-state index in [0.717, 1.165) is 16.8 Å². The van der Waals surface area contributed by atoms with Gasteiger partial charge in [-0.3, -0.25) is 4.68 Å². The SMILES string of the molecule is Cc1ccc(S(=O)(=O)CCn2cc(-c3ccccc3)nn2)cc1. The van der Waals surface area contributed by atoms with E-state index in [1.807, 2.05) is 37.3 Å². The van der Waals surface area contributed by atoms with E-state index in [1.165, 1.54) is 0 Å². The smallest absolute Gasteiger partial charge is 0.180 e. The van der Waals surface area contributed by atoms with Crippen molar-refractivity contribution in [3.8, 4) is 11.3 Å². The van der Waals surface area contributed by atoms with Gasteiger partial charge in [-0.1, -0.05) is 53.2 Å². The van der Waals surface area contributed by atoms with Crippen molar-refractivity contribution in [1.29, 1.82) is 0 Å². The zero-order valence-electron chi connectivity index (χ0n) is 12.8. The standard InChI is InChI=1S/C17H17N3O2S/c1-14-7-9-16(10-8-14)23(21,22)12-11-20-13-17(18-19-20)15-5-3-2-4-6-15/h2-10,13H,11-12H2,1H3. The van der Waals surface area contributed by atoms with Crippen molar-refractivity contribution < 1.29 is 8.42 Å². The van der Waals surface area contributed by atoms with Crippen LogP contribution in [0.15, 0.2) is 65.7 Å². The second-order valence-corrected chi connectivity index (χ2v) is 7.47. The third-order valence-corrected chi connectivity index (χ3v) is 5.29. The zero-order chi connectivity index (χ0) is 16.3. The normalized spacial score (nSPS) is 11.5. The lowest BCUT2D eigenvalue weighted by Gasteiger charge is -2.04. The number of rotatable bonds is 5. The quantitative estimate of drug-likeness (QED) is 0.723. The Balaban J connectivity index is 1.71. The van der Waals surface area contributed by atoms with Gasteiger partial charge in [0, 0.05) is 5.56 Å². The van der Waals surface area contributed by atoms with Crippen LogP contribution in [0.5, 0.6) is 0 Å². The van der Waals surface area contributed by atoms with Crippen molar-refractivity contribution in [1.82, 2.24) is 15.0 Å². The summed E-state index contributed by atoms with van der Waals surface area (Å²) in [7, 11) is -3.32. The molecule has 0 aliphatic heterocycles. The van der Waals surface area contributed by atoms with E-state index in [4.69, 9.17) is 0 Å². The Hall–Kier alpha value is -2.47. The summed E-state index contributed by atoms with van der Waals surface area (Å²) in [5, 5.41) is 8.10. The maximum atomic E-state index is 12.3. The summed E-state index contributed by atoms with van der Waals surface area (Å²) >= 11 is 0. The average Bonchev–Trinajstić information content (AvgIpc) is 3.03. The third kappa shape index (κ3) is 3.65.